The van der Waals surface area contributed by atoms with Gasteiger partial charge in [0, 0.05) is 13.0 Å². The molecule has 0 amide bonds. The molecule has 6 heteroatoms. The van der Waals surface area contributed by atoms with Crippen LogP contribution in [0, 0.1) is 23.7 Å². The number of methoxy groups -OCH3 is 1. The van der Waals surface area contributed by atoms with E-state index >= 15 is 0 Å². The van der Waals surface area contributed by atoms with E-state index in [-0.39, 0.29) is 35.9 Å². The van der Waals surface area contributed by atoms with E-state index in [1.54, 1.807) is 0 Å². The lowest BCUT2D eigenvalue weighted by Gasteiger charge is -2.38. The summed E-state index contributed by atoms with van der Waals surface area (Å²) in [5, 5.41) is 12.2. The first-order valence-corrected chi connectivity index (χ1v) is 11.9. The molecule has 5 rings (SSSR count). The summed E-state index contributed by atoms with van der Waals surface area (Å²) in [5.41, 5.74) is 0.338. The molecule has 6 nitrogen and oxygen atoms in total. The number of likely N-dealkylation sites (N-methyl/N-ethyl adjacent to an activating group) is 1. The number of carbonyl (C=O) groups is 2. The minimum Gasteiger partial charge on any atom is -0.469 e. The third-order valence-electron chi connectivity index (χ3n) is 7.91. The molecule has 0 unspecified atom stereocenters. The van der Waals surface area contributed by atoms with Gasteiger partial charge in [0.05, 0.1) is 25.0 Å². The number of hydrogen-bond acceptors (Lipinski definition) is 6. The van der Waals surface area contributed by atoms with Gasteiger partial charge in [0.15, 0.2) is 0 Å². The van der Waals surface area contributed by atoms with E-state index in [9.17, 15) is 14.7 Å². The largest absolute Gasteiger partial charge is 0.469 e. The van der Waals surface area contributed by atoms with Crippen LogP contribution in [0.1, 0.15) is 24.0 Å². The minimum absolute atomic E-state index is 0.0158. The van der Waals surface area contributed by atoms with Crippen LogP contribution in [-0.4, -0.2) is 54.8 Å². The number of esters is 2. The Labute approximate surface area is 200 Å². The number of nitrogens with zero attached hydrogens (tertiary/aromatic N) is 1. The zero-order valence-corrected chi connectivity index (χ0v) is 19.5. The molecule has 3 aliphatic rings. The monoisotopic (exact) mass is 461 g/mol. The maximum Gasteiger partial charge on any atom is 0.310 e. The van der Waals surface area contributed by atoms with Crippen LogP contribution in [-0.2, 0) is 24.7 Å². The summed E-state index contributed by atoms with van der Waals surface area (Å²) in [5.74, 6) is -1.61. The molecule has 2 aromatic rings. The van der Waals surface area contributed by atoms with Crippen molar-refractivity contribution in [3.05, 3.63) is 83.9 Å². The van der Waals surface area contributed by atoms with Crippen molar-refractivity contribution in [2.75, 3.05) is 20.7 Å². The molecule has 2 fully saturated rings. The molecule has 0 radical (unpaired) electrons. The predicted molar refractivity (Wildman–Crippen MR) is 127 cm³/mol. The Hall–Kier alpha value is -2.96. The highest BCUT2D eigenvalue weighted by molar-refractivity contribution is 5.84. The zero-order chi connectivity index (χ0) is 23.9. The molecule has 1 aliphatic heterocycles. The summed E-state index contributed by atoms with van der Waals surface area (Å²) < 4.78 is 11.0. The molecule has 6 atom stereocenters. The molecule has 1 saturated heterocycles. The number of hydrogen-bond donors (Lipinski definition) is 1. The van der Waals surface area contributed by atoms with Crippen molar-refractivity contribution in [2.24, 2.45) is 23.7 Å². The summed E-state index contributed by atoms with van der Waals surface area (Å²) in [4.78, 5) is 27.7. The third kappa shape index (κ3) is 3.75. The molecule has 1 N–H and O–H groups in total. The van der Waals surface area contributed by atoms with Crippen molar-refractivity contribution in [2.45, 2.75) is 30.6 Å². The van der Waals surface area contributed by atoms with Crippen LogP contribution >= 0.6 is 0 Å². The fraction of sp³-hybridized carbons (Fsp3) is 0.429. The van der Waals surface area contributed by atoms with Crippen molar-refractivity contribution in [3.8, 4) is 0 Å². The van der Waals surface area contributed by atoms with E-state index in [1.807, 2.05) is 79.9 Å². The number of ether oxygens (including phenoxy) is 2. The first-order chi connectivity index (χ1) is 16.4. The van der Waals surface area contributed by atoms with Crippen molar-refractivity contribution in [1.29, 1.82) is 0 Å². The van der Waals surface area contributed by atoms with Gasteiger partial charge in [-0.25, -0.2) is 0 Å². The average molecular weight is 462 g/mol. The van der Waals surface area contributed by atoms with E-state index in [0.717, 1.165) is 17.5 Å². The fourth-order valence-electron chi connectivity index (χ4n) is 6.31. The van der Waals surface area contributed by atoms with Gasteiger partial charge in [0.25, 0.3) is 0 Å². The maximum absolute atomic E-state index is 13.3. The summed E-state index contributed by atoms with van der Waals surface area (Å²) in [7, 11) is 3.32. The second-order valence-electron chi connectivity index (χ2n) is 9.77. The molecule has 0 spiro atoms. The molecular formula is C28H31NO5. The van der Waals surface area contributed by atoms with Crippen molar-refractivity contribution >= 4 is 11.9 Å². The molecule has 2 bridgehead atoms. The van der Waals surface area contributed by atoms with Crippen molar-refractivity contribution in [3.63, 3.8) is 0 Å². The van der Waals surface area contributed by atoms with Crippen LogP contribution in [0.15, 0.2) is 72.8 Å². The number of likely N-dealkylation sites (tertiary alicyclic amines) is 1. The summed E-state index contributed by atoms with van der Waals surface area (Å²) >= 11 is 0. The molecule has 0 aromatic heterocycles. The third-order valence-corrected chi connectivity index (χ3v) is 7.91. The number of carbonyl (C=O) groups excluding carboxylic acids is 2. The predicted octanol–water partition coefficient (Wildman–Crippen LogP) is 3.15. The average Bonchev–Trinajstić information content (AvgIpc) is 3.59. The van der Waals surface area contributed by atoms with Crippen LogP contribution in [0.4, 0.5) is 0 Å². The van der Waals surface area contributed by atoms with E-state index in [1.165, 1.54) is 7.11 Å². The lowest BCUT2D eigenvalue weighted by atomic mass is 9.79. The fourth-order valence-corrected chi connectivity index (χ4v) is 6.31. The molecule has 34 heavy (non-hydrogen) atoms. The summed E-state index contributed by atoms with van der Waals surface area (Å²) in [6.45, 7) is 0.512. The normalized spacial score (nSPS) is 30.4. The van der Waals surface area contributed by atoms with E-state index in [2.05, 4.69) is 4.90 Å². The van der Waals surface area contributed by atoms with Crippen molar-refractivity contribution in [1.82, 2.24) is 4.90 Å². The molecule has 2 aromatic carbocycles. The lowest BCUT2D eigenvalue weighted by molar-refractivity contribution is -0.163. The highest BCUT2D eigenvalue weighted by Gasteiger charge is 2.54. The second-order valence-corrected chi connectivity index (χ2v) is 9.77. The quantitative estimate of drug-likeness (QED) is 0.526. The zero-order valence-electron chi connectivity index (χ0n) is 19.5. The van der Waals surface area contributed by atoms with E-state index in [4.69, 9.17) is 9.47 Å². The Morgan fingerprint density at radius 2 is 1.41 bits per heavy atom. The summed E-state index contributed by atoms with van der Waals surface area (Å²) in [6.07, 6.45) is 4.96. The topological polar surface area (TPSA) is 76.1 Å². The molecule has 2 aliphatic carbocycles. The Morgan fingerprint density at radius 1 is 0.882 bits per heavy atom. The molecular weight excluding hydrogens is 430 g/mol. The molecule has 1 heterocycles. The van der Waals surface area contributed by atoms with E-state index < -0.39 is 17.4 Å². The van der Waals surface area contributed by atoms with Crippen LogP contribution in [0.5, 0.6) is 0 Å². The minimum atomic E-state index is -1.26. The standard InChI is InChI=1S/C28H31NO5/c1-29-17-22(34-27(31)25-19-14-13-18(15-19)24(25)26(30)33-2)16-23(29)28(32,20-9-5-3-6-10-20)21-11-7-4-8-12-21/h3-14,18-19,22-25,32H,15-17H2,1-2H3/t18-,19+,22+,23-,24-,25+/m0/s1. The Kier molecular flexibility index (Phi) is 6.04. The van der Waals surface area contributed by atoms with Crippen LogP contribution in [0.25, 0.3) is 0 Å². The molecule has 178 valence electrons. The van der Waals surface area contributed by atoms with Gasteiger partial charge in [-0.05, 0) is 36.4 Å². The second kappa shape index (κ2) is 9.01. The van der Waals surface area contributed by atoms with Crippen molar-refractivity contribution < 1.29 is 24.2 Å². The number of rotatable bonds is 6. The van der Waals surface area contributed by atoms with Gasteiger partial charge in [0.1, 0.15) is 11.7 Å². The number of fused-ring (bicyclic) bond motifs is 2. The highest BCUT2D eigenvalue weighted by Crippen LogP contribution is 2.49. The smallest absolute Gasteiger partial charge is 0.310 e. The van der Waals surface area contributed by atoms with Gasteiger partial charge < -0.3 is 14.6 Å². The van der Waals surface area contributed by atoms with Gasteiger partial charge in [-0.15, -0.1) is 0 Å². The lowest BCUT2D eigenvalue weighted by Crippen LogP contribution is -2.46. The Bertz CT molecular complexity index is 1030. The van der Waals surface area contributed by atoms with Crippen LogP contribution in [0.2, 0.25) is 0 Å². The maximum atomic E-state index is 13.3. The van der Waals surface area contributed by atoms with Crippen LogP contribution < -0.4 is 0 Å². The first kappa shape index (κ1) is 22.8. The number of allylic oxidation sites excluding steroid dienone is 2. The van der Waals surface area contributed by atoms with Gasteiger partial charge in [-0.1, -0.05) is 72.8 Å². The van der Waals surface area contributed by atoms with Gasteiger partial charge in [-0.2, -0.15) is 0 Å². The van der Waals surface area contributed by atoms with Crippen LogP contribution in [0.3, 0.4) is 0 Å². The number of aliphatic hydroxyl groups is 1. The highest BCUT2D eigenvalue weighted by atomic mass is 16.5. The van der Waals surface area contributed by atoms with E-state index in [0.29, 0.717) is 13.0 Å². The summed E-state index contributed by atoms with van der Waals surface area (Å²) in [6, 6.07) is 19.0. The van der Waals surface area contributed by atoms with Gasteiger partial charge >= 0.3 is 11.9 Å². The first-order valence-electron chi connectivity index (χ1n) is 11.9. The number of benzene rings is 2. The van der Waals surface area contributed by atoms with Gasteiger partial charge in [-0.3, -0.25) is 14.5 Å². The Balaban J connectivity index is 1.38. The Morgan fingerprint density at radius 3 is 1.94 bits per heavy atom. The van der Waals surface area contributed by atoms with Gasteiger partial charge in [0.2, 0.25) is 0 Å². The molecule has 1 saturated carbocycles. The SMILES string of the molecule is COC(=O)[C@@H]1[C@H](C(=O)O[C@@H]2C[C@@H](C(O)(c3ccccc3)c3ccccc3)N(C)C2)[C@@H]2C=C[C@H]1C2.